The van der Waals surface area contributed by atoms with E-state index in [1.165, 1.54) is 4.31 Å². The van der Waals surface area contributed by atoms with E-state index in [1.54, 1.807) is 6.20 Å². The number of hydrogen-bond acceptors (Lipinski definition) is 5. The Morgan fingerprint density at radius 2 is 2.04 bits per heavy atom. The maximum atomic E-state index is 12.4. The van der Waals surface area contributed by atoms with Crippen LogP contribution in [0, 0.1) is 5.92 Å². The molecule has 1 aliphatic heterocycles. The zero-order chi connectivity index (χ0) is 18.3. The Hall–Kier alpha value is -1.87. The summed E-state index contributed by atoms with van der Waals surface area (Å²) in [6, 6.07) is 5.74. The van der Waals surface area contributed by atoms with Crippen molar-refractivity contribution >= 4 is 21.8 Å². The van der Waals surface area contributed by atoms with Crippen molar-refractivity contribution in [2.24, 2.45) is 16.6 Å². The maximum Gasteiger partial charge on any atom is 0.215 e. The molecule has 0 amide bonds. The highest BCUT2D eigenvalue weighted by Gasteiger charge is 2.26. The van der Waals surface area contributed by atoms with Crippen molar-refractivity contribution in [2.75, 3.05) is 49.9 Å². The molecule has 1 aromatic heterocycles. The van der Waals surface area contributed by atoms with Crippen molar-refractivity contribution in [2.45, 2.75) is 13.8 Å². The second-order valence-corrected chi connectivity index (χ2v) is 8.53. The molecule has 0 unspecified atom stereocenters. The van der Waals surface area contributed by atoms with Crippen molar-refractivity contribution < 1.29 is 8.42 Å². The van der Waals surface area contributed by atoms with Gasteiger partial charge < -0.3 is 16.0 Å². The van der Waals surface area contributed by atoms with Crippen LogP contribution in [-0.4, -0.2) is 68.7 Å². The molecule has 0 saturated carbocycles. The summed E-state index contributed by atoms with van der Waals surface area (Å²) >= 11 is 0. The van der Waals surface area contributed by atoms with Gasteiger partial charge in [-0.25, -0.2) is 13.4 Å². The maximum absolute atomic E-state index is 12.4. The number of aliphatic imine (C=N–C) groups is 1. The van der Waals surface area contributed by atoms with Crippen LogP contribution < -0.4 is 16.0 Å². The molecule has 0 radical (unpaired) electrons. The van der Waals surface area contributed by atoms with Gasteiger partial charge in [0.25, 0.3) is 0 Å². The number of hydrogen-bond donors (Lipinski definition) is 2. The van der Waals surface area contributed by atoms with Crippen LogP contribution in [0.1, 0.15) is 13.8 Å². The number of pyridine rings is 1. The number of anilines is 1. The van der Waals surface area contributed by atoms with Gasteiger partial charge in [0.15, 0.2) is 5.96 Å². The number of nitrogens with zero attached hydrogens (tertiary/aromatic N) is 4. The van der Waals surface area contributed by atoms with E-state index in [1.807, 2.05) is 32.0 Å². The minimum atomic E-state index is -3.30. The largest absolute Gasteiger partial charge is 0.370 e. The van der Waals surface area contributed by atoms with Gasteiger partial charge in [-0.1, -0.05) is 19.9 Å². The van der Waals surface area contributed by atoms with E-state index in [0.717, 1.165) is 5.82 Å². The second-order valence-electron chi connectivity index (χ2n) is 6.44. The minimum Gasteiger partial charge on any atom is -0.370 e. The van der Waals surface area contributed by atoms with Crippen LogP contribution in [-0.2, 0) is 10.0 Å². The topological polar surface area (TPSA) is 104 Å². The second kappa shape index (κ2) is 9.00. The molecule has 25 heavy (non-hydrogen) atoms. The van der Waals surface area contributed by atoms with E-state index in [9.17, 15) is 8.42 Å². The SMILES string of the molecule is CC(C)CN=C(N)NCCS(=O)(=O)N1CCN(c2ccccn2)CC1. The Bertz CT molecular complexity index is 654. The van der Waals surface area contributed by atoms with Gasteiger partial charge in [0, 0.05) is 45.5 Å². The third-order valence-corrected chi connectivity index (χ3v) is 5.77. The van der Waals surface area contributed by atoms with Crippen LogP contribution >= 0.6 is 0 Å². The number of guanidine groups is 1. The van der Waals surface area contributed by atoms with Gasteiger partial charge in [0.1, 0.15) is 5.82 Å². The lowest BCUT2D eigenvalue weighted by Crippen LogP contribution is -2.50. The summed E-state index contributed by atoms with van der Waals surface area (Å²) in [5, 5.41) is 2.87. The van der Waals surface area contributed by atoms with E-state index in [-0.39, 0.29) is 12.3 Å². The Labute approximate surface area is 150 Å². The van der Waals surface area contributed by atoms with Gasteiger partial charge in [-0.3, -0.25) is 4.99 Å². The predicted molar refractivity (Wildman–Crippen MR) is 101 cm³/mol. The van der Waals surface area contributed by atoms with Crippen LogP contribution in [0.4, 0.5) is 5.82 Å². The first-order valence-electron chi connectivity index (χ1n) is 8.56. The number of rotatable bonds is 7. The summed E-state index contributed by atoms with van der Waals surface area (Å²) in [6.07, 6.45) is 1.75. The molecular formula is C16H28N6O2S. The zero-order valence-corrected chi connectivity index (χ0v) is 15.7. The van der Waals surface area contributed by atoms with E-state index in [0.29, 0.717) is 44.6 Å². The van der Waals surface area contributed by atoms with Crippen LogP contribution in [0.5, 0.6) is 0 Å². The molecule has 1 aliphatic rings. The summed E-state index contributed by atoms with van der Waals surface area (Å²) in [5.41, 5.74) is 5.73. The van der Waals surface area contributed by atoms with Gasteiger partial charge in [-0.05, 0) is 18.1 Å². The first kappa shape index (κ1) is 19.5. The standard InChI is InChI=1S/C16H28N6O2S/c1-14(2)13-20-16(17)19-7-12-25(23,24)22-10-8-21(9-11-22)15-5-3-4-6-18-15/h3-6,14H,7-13H2,1-2H3,(H3,17,19,20). The smallest absolute Gasteiger partial charge is 0.215 e. The van der Waals surface area contributed by atoms with Crippen molar-refractivity contribution in [3.05, 3.63) is 24.4 Å². The Morgan fingerprint density at radius 1 is 1.32 bits per heavy atom. The number of aromatic nitrogens is 1. The molecule has 1 saturated heterocycles. The van der Waals surface area contributed by atoms with Crippen molar-refractivity contribution in [1.82, 2.24) is 14.6 Å². The normalized spacial score (nSPS) is 17.1. The number of sulfonamides is 1. The Balaban J connectivity index is 1.78. The van der Waals surface area contributed by atoms with Crippen molar-refractivity contribution in [3.8, 4) is 0 Å². The number of nitrogens with two attached hydrogens (primary N) is 1. The summed E-state index contributed by atoms with van der Waals surface area (Å²) in [7, 11) is -3.30. The fourth-order valence-electron chi connectivity index (χ4n) is 2.51. The number of piperazine rings is 1. The van der Waals surface area contributed by atoms with E-state index < -0.39 is 10.0 Å². The molecule has 0 bridgehead atoms. The van der Waals surface area contributed by atoms with Crippen LogP contribution in [0.15, 0.2) is 29.4 Å². The molecule has 8 nitrogen and oxygen atoms in total. The van der Waals surface area contributed by atoms with Gasteiger partial charge in [-0.15, -0.1) is 0 Å². The van der Waals surface area contributed by atoms with Crippen molar-refractivity contribution in [3.63, 3.8) is 0 Å². The van der Waals surface area contributed by atoms with Crippen LogP contribution in [0.25, 0.3) is 0 Å². The van der Waals surface area contributed by atoms with E-state index >= 15 is 0 Å². The summed E-state index contributed by atoms with van der Waals surface area (Å²) in [4.78, 5) is 10.6. The molecule has 2 rings (SSSR count). The highest BCUT2D eigenvalue weighted by atomic mass is 32.2. The number of nitrogens with one attached hydrogen (secondary N) is 1. The molecule has 0 spiro atoms. The van der Waals surface area contributed by atoms with Crippen molar-refractivity contribution in [1.29, 1.82) is 0 Å². The molecule has 0 atom stereocenters. The first-order valence-corrected chi connectivity index (χ1v) is 10.2. The average Bonchev–Trinajstić information content (AvgIpc) is 2.61. The quantitative estimate of drug-likeness (QED) is 0.522. The summed E-state index contributed by atoms with van der Waals surface area (Å²) in [6.45, 7) is 7.20. The van der Waals surface area contributed by atoms with Gasteiger partial charge in [0.2, 0.25) is 10.0 Å². The highest BCUT2D eigenvalue weighted by molar-refractivity contribution is 7.89. The van der Waals surface area contributed by atoms with E-state index in [4.69, 9.17) is 5.73 Å². The summed E-state index contributed by atoms with van der Waals surface area (Å²) < 4.78 is 26.4. The summed E-state index contributed by atoms with van der Waals surface area (Å²) in [5.74, 6) is 1.60. The minimum absolute atomic E-state index is 0.00842. The Kier molecular flexibility index (Phi) is 7.01. The molecule has 2 heterocycles. The van der Waals surface area contributed by atoms with Gasteiger partial charge in [0.05, 0.1) is 5.75 Å². The molecule has 1 fully saturated rings. The third-order valence-electron chi connectivity index (χ3n) is 3.90. The lowest BCUT2D eigenvalue weighted by molar-refractivity contribution is 0.384. The fraction of sp³-hybridized carbons (Fsp3) is 0.625. The third kappa shape index (κ3) is 6.17. The first-order chi connectivity index (χ1) is 11.9. The monoisotopic (exact) mass is 368 g/mol. The molecule has 3 N–H and O–H groups in total. The van der Waals surface area contributed by atoms with Gasteiger partial charge >= 0.3 is 0 Å². The van der Waals surface area contributed by atoms with Crippen LogP contribution in [0.3, 0.4) is 0 Å². The molecule has 0 aliphatic carbocycles. The molecule has 9 heteroatoms. The molecule has 1 aromatic rings. The molecular weight excluding hydrogens is 340 g/mol. The average molecular weight is 369 g/mol. The van der Waals surface area contributed by atoms with E-state index in [2.05, 4.69) is 20.2 Å². The molecule has 0 aromatic carbocycles. The lowest BCUT2D eigenvalue weighted by Gasteiger charge is -2.34. The zero-order valence-electron chi connectivity index (χ0n) is 14.9. The molecule has 140 valence electrons. The highest BCUT2D eigenvalue weighted by Crippen LogP contribution is 2.14. The predicted octanol–water partition coefficient (Wildman–Crippen LogP) is 0.0937. The van der Waals surface area contributed by atoms with Gasteiger partial charge in [-0.2, -0.15) is 4.31 Å². The lowest BCUT2D eigenvalue weighted by atomic mass is 10.2. The fourth-order valence-corrected chi connectivity index (χ4v) is 3.85. The van der Waals surface area contributed by atoms with Crippen LogP contribution in [0.2, 0.25) is 0 Å². The Morgan fingerprint density at radius 3 is 2.64 bits per heavy atom.